The van der Waals surface area contributed by atoms with Gasteiger partial charge in [0.2, 0.25) is 0 Å². The average molecular weight is 412 g/mol. The van der Waals surface area contributed by atoms with E-state index in [2.05, 4.69) is 39.4 Å². The van der Waals surface area contributed by atoms with Gasteiger partial charge in [0.1, 0.15) is 6.61 Å². The molecule has 3 aromatic carbocycles. The molecule has 0 amide bonds. The molecular weight excluding hydrogens is 390 g/mol. The van der Waals surface area contributed by atoms with Gasteiger partial charge in [0, 0.05) is 22.3 Å². The van der Waals surface area contributed by atoms with Crippen LogP contribution in [-0.4, -0.2) is 6.61 Å². The van der Waals surface area contributed by atoms with Gasteiger partial charge in [0.25, 0.3) is 0 Å². The third kappa shape index (κ3) is 5.02. The largest absolute Gasteiger partial charge is 0.490 e. The molecule has 0 aromatic heterocycles. The first-order chi connectivity index (χ1) is 12.8. The van der Waals surface area contributed by atoms with E-state index in [-0.39, 0.29) is 0 Å². The van der Waals surface area contributed by atoms with Gasteiger partial charge in [-0.3, -0.25) is 0 Å². The zero-order chi connectivity index (χ0) is 18.2. The molecule has 3 aromatic rings. The molecule has 0 atom stereocenters. The summed E-state index contributed by atoms with van der Waals surface area (Å²) in [6, 6.07) is 24.3. The Bertz CT molecular complexity index is 819. The number of halogens is 1. The van der Waals surface area contributed by atoms with Gasteiger partial charge in [-0.15, -0.1) is 0 Å². The number of rotatable bonds is 8. The maximum absolute atomic E-state index is 6.14. The number of anilines is 1. The van der Waals surface area contributed by atoms with Crippen LogP contribution in [0.2, 0.25) is 0 Å². The van der Waals surface area contributed by atoms with E-state index in [0.717, 1.165) is 32.8 Å². The number of nitrogens with one attached hydrogen (secondary N) is 1. The zero-order valence-corrected chi connectivity index (χ0v) is 16.3. The molecule has 26 heavy (non-hydrogen) atoms. The van der Waals surface area contributed by atoms with Crippen LogP contribution >= 0.6 is 15.9 Å². The van der Waals surface area contributed by atoms with Crippen molar-refractivity contribution in [3.63, 3.8) is 0 Å². The first-order valence-corrected chi connectivity index (χ1v) is 9.46. The summed E-state index contributed by atoms with van der Waals surface area (Å²) in [7, 11) is 0. The van der Waals surface area contributed by atoms with Crippen LogP contribution in [0.25, 0.3) is 0 Å². The molecule has 0 aliphatic rings. The van der Waals surface area contributed by atoms with Crippen LogP contribution in [0.3, 0.4) is 0 Å². The highest BCUT2D eigenvalue weighted by atomic mass is 79.9. The number of hydrogen-bond donors (Lipinski definition) is 1. The third-order valence-electron chi connectivity index (χ3n) is 3.91. The van der Waals surface area contributed by atoms with Crippen molar-refractivity contribution in [2.45, 2.75) is 20.1 Å². The third-order valence-corrected chi connectivity index (χ3v) is 4.44. The molecule has 0 fully saturated rings. The summed E-state index contributed by atoms with van der Waals surface area (Å²) >= 11 is 3.46. The molecule has 0 radical (unpaired) electrons. The van der Waals surface area contributed by atoms with E-state index in [0.29, 0.717) is 19.8 Å². The Morgan fingerprint density at radius 2 is 1.62 bits per heavy atom. The second-order valence-electron chi connectivity index (χ2n) is 5.81. The molecular formula is C22H22BrNO2. The normalized spacial score (nSPS) is 10.4. The highest BCUT2D eigenvalue weighted by Crippen LogP contribution is 2.33. The van der Waals surface area contributed by atoms with E-state index in [1.165, 1.54) is 0 Å². The van der Waals surface area contributed by atoms with Gasteiger partial charge >= 0.3 is 0 Å². The standard InChI is InChI=1S/C22H22BrNO2/c1-2-25-21-10-6-9-18(15-24-20-13-11-19(23)12-14-20)22(21)26-16-17-7-4-3-5-8-17/h3-14,24H,2,15-16H2,1H3. The molecule has 0 bridgehead atoms. The van der Waals surface area contributed by atoms with Crippen molar-refractivity contribution in [3.8, 4) is 11.5 Å². The van der Waals surface area contributed by atoms with Crippen LogP contribution in [0.15, 0.2) is 77.3 Å². The molecule has 0 saturated heterocycles. The maximum Gasteiger partial charge on any atom is 0.166 e. The maximum atomic E-state index is 6.14. The lowest BCUT2D eigenvalue weighted by Gasteiger charge is -2.17. The first kappa shape index (κ1) is 18.3. The van der Waals surface area contributed by atoms with Crippen molar-refractivity contribution in [2.75, 3.05) is 11.9 Å². The Hall–Kier alpha value is -2.46. The summed E-state index contributed by atoms with van der Waals surface area (Å²) in [5, 5.41) is 3.44. The highest BCUT2D eigenvalue weighted by Gasteiger charge is 2.11. The Morgan fingerprint density at radius 3 is 2.35 bits per heavy atom. The van der Waals surface area contributed by atoms with Gasteiger partial charge in [-0.25, -0.2) is 0 Å². The Labute approximate surface area is 163 Å². The van der Waals surface area contributed by atoms with Crippen molar-refractivity contribution in [3.05, 3.63) is 88.4 Å². The first-order valence-electron chi connectivity index (χ1n) is 8.67. The molecule has 0 spiro atoms. The van der Waals surface area contributed by atoms with Gasteiger partial charge < -0.3 is 14.8 Å². The Balaban J connectivity index is 1.76. The van der Waals surface area contributed by atoms with Crippen molar-refractivity contribution in [2.24, 2.45) is 0 Å². The molecule has 0 aliphatic carbocycles. The fourth-order valence-corrected chi connectivity index (χ4v) is 2.89. The summed E-state index contributed by atoms with van der Waals surface area (Å²) < 4.78 is 13.0. The van der Waals surface area contributed by atoms with Crippen LogP contribution in [0.5, 0.6) is 11.5 Å². The van der Waals surface area contributed by atoms with Gasteiger partial charge in [0.15, 0.2) is 11.5 Å². The Morgan fingerprint density at radius 1 is 0.846 bits per heavy atom. The summed E-state index contributed by atoms with van der Waals surface area (Å²) in [6.07, 6.45) is 0. The second-order valence-corrected chi connectivity index (χ2v) is 6.73. The van der Waals surface area contributed by atoms with Crippen LogP contribution in [0.1, 0.15) is 18.1 Å². The van der Waals surface area contributed by atoms with Crippen molar-refractivity contribution >= 4 is 21.6 Å². The number of hydrogen-bond acceptors (Lipinski definition) is 3. The SMILES string of the molecule is CCOc1cccc(CNc2ccc(Br)cc2)c1OCc1ccccc1. The molecule has 0 unspecified atom stereocenters. The average Bonchev–Trinajstić information content (AvgIpc) is 2.68. The number of ether oxygens (including phenoxy) is 2. The van der Waals surface area contributed by atoms with E-state index in [9.17, 15) is 0 Å². The van der Waals surface area contributed by atoms with Crippen LogP contribution < -0.4 is 14.8 Å². The fourth-order valence-electron chi connectivity index (χ4n) is 2.63. The van der Waals surface area contributed by atoms with Crippen LogP contribution in [-0.2, 0) is 13.2 Å². The van der Waals surface area contributed by atoms with E-state index in [1.807, 2.05) is 61.5 Å². The lowest BCUT2D eigenvalue weighted by atomic mass is 10.1. The van der Waals surface area contributed by atoms with Gasteiger partial charge in [-0.2, -0.15) is 0 Å². The molecule has 0 saturated carbocycles. The monoisotopic (exact) mass is 411 g/mol. The zero-order valence-electron chi connectivity index (χ0n) is 14.7. The second kappa shape index (κ2) is 9.30. The molecule has 3 nitrogen and oxygen atoms in total. The van der Waals surface area contributed by atoms with E-state index < -0.39 is 0 Å². The smallest absolute Gasteiger partial charge is 0.166 e. The van der Waals surface area contributed by atoms with Crippen molar-refractivity contribution < 1.29 is 9.47 Å². The van der Waals surface area contributed by atoms with Crippen molar-refractivity contribution in [1.29, 1.82) is 0 Å². The molecule has 3 rings (SSSR count). The van der Waals surface area contributed by atoms with Gasteiger partial charge in [-0.1, -0.05) is 58.4 Å². The number of benzene rings is 3. The minimum atomic E-state index is 0.510. The summed E-state index contributed by atoms with van der Waals surface area (Å²) in [5.41, 5.74) is 3.25. The predicted octanol–water partition coefficient (Wildman–Crippen LogP) is 6.04. The number of para-hydroxylation sites is 1. The van der Waals surface area contributed by atoms with Gasteiger partial charge in [-0.05, 0) is 42.8 Å². The van der Waals surface area contributed by atoms with Crippen LogP contribution in [0, 0.1) is 0 Å². The summed E-state index contributed by atoms with van der Waals surface area (Å²) in [6.45, 7) is 3.75. The van der Waals surface area contributed by atoms with Gasteiger partial charge in [0.05, 0.1) is 6.61 Å². The Kier molecular flexibility index (Phi) is 6.56. The topological polar surface area (TPSA) is 30.5 Å². The lowest BCUT2D eigenvalue weighted by molar-refractivity contribution is 0.267. The fraction of sp³-hybridized carbons (Fsp3) is 0.182. The molecule has 134 valence electrons. The predicted molar refractivity (Wildman–Crippen MR) is 110 cm³/mol. The summed E-state index contributed by atoms with van der Waals surface area (Å²) in [5.74, 6) is 1.57. The molecule has 0 heterocycles. The van der Waals surface area contributed by atoms with Crippen molar-refractivity contribution in [1.82, 2.24) is 0 Å². The molecule has 4 heteroatoms. The van der Waals surface area contributed by atoms with E-state index in [1.54, 1.807) is 0 Å². The molecule has 0 aliphatic heterocycles. The van der Waals surface area contributed by atoms with Crippen LogP contribution in [0.4, 0.5) is 5.69 Å². The minimum Gasteiger partial charge on any atom is -0.490 e. The molecule has 1 N–H and O–H groups in total. The highest BCUT2D eigenvalue weighted by molar-refractivity contribution is 9.10. The van der Waals surface area contributed by atoms with E-state index in [4.69, 9.17) is 9.47 Å². The lowest BCUT2D eigenvalue weighted by Crippen LogP contribution is -2.06. The minimum absolute atomic E-state index is 0.510. The quantitative estimate of drug-likeness (QED) is 0.489. The summed E-state index contributed by atoms with van der Waals surface area (Å²) in [4.78, 5) is 0. The van der Waals surface area contributed by atoms with E-state index >= 15 is 0 Å².